The van der Waals surface area contributed by atoms with E-state index in [4.69, 9.17) is 5.73 Å². The van der Waals surface area contributed by atoms with Gasteiger partial charge in [0.1, 0.15) is 0 Å². The molecule has 0 atom stereocenters. The molecule has 0 bridgehead atoms. The molecule has 0 spiro atoms. The van der Waals surface area contributed by atoms with Crippen LogP contribution in [-0.4, -0.2) is 32.4 Å². The van der Waals surface area contributed by atoms with Gasteiger partial charge in [-0.15, -0.1) is 0 Å². The Kier molecular flexibility index (Phi) is 15.5. The van der Waals surface area contributed by atoms with E-state index >= 15 is 0 Å². The number of nitrogens with two attached hydrogens (primary N) is 1. The number of rotatable bonds is 8. The zero-order chi connectivity index (χ0) is 12.8. The number of nitrogens with one attached hydrogen (secondary N) is 1. The van der Waals surface area contributed by atoms with Crippen LogP contribution >= 0.6 is 0 Å². The number of hydrogen-bond acceptors (Lipinski definition) is 2. The highest BCUT2D eigenvalue weighted by Gasteiger charge is 1.99. The molecule has 0 aliphatic carbocycles. The average molecular weight is 246 g/mol. The monoisotopic (exact) mass is 246 g/mol. The molecule has 0 aromatic heterocycles. The van der Waals surface area contributed by atoms with E-state index in [2.05, 4.69) is 5.32 Å². The zero-order valence-electron chi connectivity index (χ0n) is 8.97. The maximum atomic E-state index is 11.3. The summed E-state index contributed by atoms with van der Waals surface area (Å²) in [6.45, 7) is 0.707. The number of alkyl halides is 4. The molecule has 16 heavy (non-hydrogen) atoms. The Morgan fingerprint density at radius 3 is 1.88 bits per heavy atom. The van der Waals surface area contributed by atoms with Crippen LogP contribution in [0, 0.1) is 0 Å². The predicted molar refractivity (Wildman–Crippen MR) is 53.6 cm³/mol. The molecule has 0 aromatic carbocycles. The van der Waals surface area contributed by atoms with Gasteiger partial charge < -0.3 is 11.1 Å². The van der Waals surface area contributed by atoms with Crippen LogP contribution in [0.2, 0.25) is 0 Å². The molecule has 0 fully saturated rings. The summed E-state index contributed by atoms with van der Waals surface area (Å²) >= 11 is 0. The van der Waals surface area contributed by atoms with Gasteiger partial charge in [-0.2, -0.15) is 0 Å². The standard InChI is InChI=1S/C5H9F2NO.C4H9F2N/c6-5(7)2-1-3-8-4-9;5-4(6)2-1-3-7/h4-5H,1-3H2,(H,8,9);4H,1-3,7H2. The molecule has 1 amide bonds. The van der Waals surface area contributed by atoms with E-state index in [-0.39, 0.29) is 12.8 Å². The Morgan fingerprint density at radius 2 is 1.56 bits per heavy atom. The minimum absolute atomic E-state index is 0.0590. The van der Waals surface area contributed by atoms with Crippen molar-refractivity contribution in [2.75, 3.05) is 13.1 Å². The van der Waals surface area contributed by atoms with Crippen molar-refractivity contribution < 1.29 is 22.4 Å². The van der Waals surface area contributed by atoms with Crippen molar-refractivity contribution >= 4 is 6.41 Å². The van der Waals surface area contributed by atoms with Crippen molar-refractivity contribution in [3.05, 3.63) is 0 Å². The van der Waals surface area contributed by atoms with E-state index in [1.54, 1.807) is 0 Å². The molecular weight excluding hydrogens is 228 g/mol. The van der Waals surface area contributed by atoms with Gasteiger partial charge in [-0.25, -0.2) is 17.6 Å². The molecule has 0 aliphatic heterocycles. The second-order valence-corrected chi connectivity index (χ2v) is 2.93. The fraction of sp³-hybridized carbons (Fsp3) is 0.889. The molecule has 3 N–H and O–H groups in total. The van der Waals surface area contributed by atoms with Crippen LogP contribution in [0.3, 0.4) is 0 Å². The van der Waals surface area contributed by atoms with E-state index in [0.29, 0.717) is 32.3 Å². The SMILES string of the molecule is NCCCC(F)F.O=CNCCCC(F)F. The minimum Gasteiger partial charge on any atom is -0.359 e. The quantitative estimate of drug-likeness (QED) is 0.389. The molecule has 98 valence electrons. The summed E-state index contributed by atoms with van der Waals surface area (Å²) in [6, 6.07) is 0. The van der Waals surface area contributed by atoms with Crippen LogP contribution < -0.4 is 11.1 Å². The largest absolute Gasteiger partial charge is 0.359 e. The Hall–Kier alpha value is -0.850. The summed E-state index contributed by atoms with van der Waals surface area (Å²) < 4.78 is 45.0. The Morgan fingerprint density at radius 1 is 1.06 bits per heavy atom. The van der Waals surface area contributed by atoms with Gasteiger partial charge in [0.25, 0.3) is 0 Å². The van der Waals surface area contributed by atoms with Crippen LogP contribution in [0.15, 0.2) is 0 Å². The van der Waals surface area contributed by atoms with Gasteiger partial charge in [-0.05, 0) is 19.4 Å². The molecule has 0 unspecified atom stereocenters. The van der Waals surface area contributed by atoms with Gasteiger partial charge in [0.05, 0.1) is 0 Å². The molecule has 0 saturated carbocycles. The lowest BCUT2D eigenvalue weighted by Gasteiger charge is -1.96. The van der Waals surface area contributed by atoms with Gasteiger partial charge in [-0.3, -0.25) is 4.79 Å². The lowest BCUT2D eigenvalue weighted by Crippen LogP contribution is -2.12. The van der Waals surface area contributed by atoms with Crippen molar-refractivity contribution in [1.29, 1.82) is 0 Å². The van der Waals surface area contributed by atoms with Gasteiger partial charge in [0.15, 0.2) is 0 Å². The molecule has 0 heterocycles. The first-order chi connectivity index (χ1) is 7.54. The number of hydrogen-bond donors (Lipinski definition) is 2. The fourth-order valence-corrected chi connectivity index (χ4v) is 0.690. The average Bonchev–Trinajstić information content (AvgIpc) is 2.22. The van der Waals surface area contributed by atoms with E-state index in [1.165, 1.54) is 0 Å². The van der Waals surface area contributed by atoms with E-state index in [0.717, 1.165) is 0 Å². The van der Waals surface area contributed by atoms with Crippen molar-refractivity contribution in [3.63, 3.8) is 0 Å². The third-order valence-corrected chi connectivity index (χ3v) is 1.45. The lowest BCUT2D eigenvalue weighted by molar-refractivity contribution is -0.109. The number of amides is 1. The molecular formula is C9H18F4N2O. The first kappa shape index (κ1) is 17.5. The molecule has 0 saturated heterocycles. The smallest absolute Gasteiger partial charge is 0.238 e. The molecule has 7 heteroatoms. The second-order valence-electron chi connectivity index (χ2n) is 2.93. The maximum absolute atomic E-state index is 11.3. The van der Waals surface area contributed by atoms with Crippen LogP contribution in [0.1, 0.15) is 25.7 Å². The van der Waals surface area contributed by atoms with E-state index < -0.39 is 12.9 Å². The summed E-state index contributed by atoms with van der Waals surface area (Å²) in [5.74, 6) is 0. The number of carbonyl (C=O) groups is 1. The van der Waals surface area contributed by atoms with Crippen molar-refractivity contribution in [2.24, 2.45) is 5.73 Å². The Labute approximate surface area is 92.4 Å². The third-order valence-electron chi connectivity index (χ3n) is 1.45. The van der Waals surface area contributed by atoms with Crippen LogP contribution in [0.25, 0.3) is 0 Å². The summed E-state index contributed by atoms with van der Waals surface area (Å²) in [5.41, 5.74) is 4.94. The Bertz CT molecular complexity index is 147. The van der Waals surface area contributed by atoms with Crippen LogP contribution in [0.4, 0.5) is 17.6 Å². The molecule has 0 aromatic rings. The molecule has 3 nitrogen and oxygen atoms in total. The van der Waals surface area contributed by atoms with Crippen molar-refractivity contribution in [1.82, 2.24) is 5.32 Å². The van der Waals surface area contributed by atoms with Gasteiger partial charge in [0.2, 0.25) is 19.3 Å². The van der Waals surface area contributed by atoms with E-state index in [9.17, 15) is 22.4 Å². The van der Waals surface area contributed by atoms with Gasteiger partial charge >= 0.3 is 0 Å². The predicted octanol–water partition coefficient (Wildman–Crippen LogP) is 1.77. The highest BCUT2D eigenvalue weighted by molar-refractivity contribution is 5.45. The minimum atomic E-state index is -2.25. The fourth-order valence-electron chi connectivity index (χ4n) is 0.690. The van der Waals surface area contributed by atoms with Gasteiger partial charge in [0, 0.05) is 19.4 Å². The van der Waals surface area contributed by atoms with E-state index in [1.807, 2.05) is 0 Å². The van der Waals surface area contributed by atoms with Gasteiger partial charge in [-0.1, -0.05) is 0 Å². The topological polar surface area (TPSA) is 55.1 Å². The third kappa shape index (κ3) is 23.2. The van der Waals surface area contributed by atoms with Crippen molar-refractivity contribution in [2.45, 2.75) is 38.5 Å². The molecule has 0 radical (unpaired) electrons. The summed E-state index contributed by atoms with van der Waals surface area (Å²) in [4.78, 5) is 9.55. The number of halogens is 4. The molecule has 0 aliphatic rings. The maximum Gasteiger partial charge on any atom is 0.238 e. The lowest BCUT2D eigenvalue weighted by atomic mass is 10.3. The normalized spacial score (nSPS) is 9.94. The summed E-state index contributed by atoms with van der Waals surface area (Å²) in [5, 5.41) is 2.29. The van der Waals surface area contributed by atoms with Crippen LogP contribution in [-0.2, 0) is 4.79 Å². The first-order valence-electron chi connectivity index (χ1n) is 4.98. The zero-order valence-corrected chi connectivity index (χ0v) is 8.97. The molecule has 0 rings (SSSR count). The van der Waals surface area contributed by atoms with Crippen LogP contribution in [0.5, 0.6) is 0 Å². The first-order valence-corrected chi connectivity index (χ1v) is 4.98. The van der Waals surface area contributed by atoms with Crippen molar-refractivity contribution in [3.8, 4) is 0 Å². The second kappa shape index (κ2) is 14.2. The summed E-state index contributed by atoms with van der Waals surface area (Å²) in [7, 11) is 0. The highest BCUT2D eigenvalue weighted by Crippen LogP contribution is 2.00. The Balaban J connectivity index is 0. The summed E-state index contributed by atoms with van der Waals surface area (Å²) in [6.07, 6.45) is -3.35. The number of carbonyl (C=O) groups excluding carboxylic acids is 1. The highest BCUT2D eigenvalue weighted by atomic mass is 19.3.